The van der Waals surface area contributed by atoms with Gasteiger partial charge in [0.1, 0.15) is 5.75 Å². The molecule has 4 nitrogen and oxygen atoms in total. The van der Waals surface area contributed by atoms with E-state index < -0.39 is 5.97 Å². The van der Waals surface area contributed by atoms with Gasteiger partial charge in [-0.2, -0.15) is 0 Å². The van der Waals surface area contributed by atoms with Crippen molar-refractivity contribution in [2.24, 2.45) is 0 Å². The maximum absolute atomic E-state index is 10.4. The number of thiazole rings is 1. The Bertz CT molecular complexity index is 521. The summed E-state index contributed by atoms with van der Waals surface area (Å²) in [5, 5.41) is 9.44. The fourth-order valence-electron chi connectivity index (χ4n) is 1.40. The fourth-order valence-corrected chi connectivity index (χ4v) is 2.40. The van der Waals surface area contributed by atoms with E-state index in [0.717, 1.165) is 21.0 Å². The molecular formula is C11H11NO3S. The molecule has 16 heavy (non-hydrogen) atoms. The van der Waals surface area contributed by atoms with Crippen molar-refractivity contribution in [3.63, 3.8) is 0 Å². The Balaban J connectivity index is 2.25. The second-order valence-corrected chi connectivity index (χ2v) is 4.45. The molecule has 2 aromatic rings. The number of carboxylic acid groups (broad SMARTS) is 1. The normalized spacial score (nSPS) is 10.6. The molecule has 1 N–H and O–H groups in total. The highest BCUT2D eigenvalue weighted by Crippen LogP contribution is 2.26. The number of carbonyl (C=O) groups is 1. The molecule has 0 unspecified atom stereocenters. The summed E-state index contributed by atoms with van der Waals surface area (Å²) in [5.41, 5.74) is 0.895. The van der Waals surface area contributed by atoms with E-state index in [1.807, 2.05) is 18.2 Å². The van der Waals surface area contributed by atoms with Crippen molar-refractivity contribution in [1.82, 2.24) is 4.98 Å². The maximum Gasteiger partial charge on any atom is 0.303 e. The van der Waals surface area contributed by atoms with Gasteiger partial charge in [-0.05, 0) is 18.2 Å². The molecule has 0 saturated carbocycles. The van der Waals surface area contributed by atoms with Crippen molar-refractivity contribution in [2.45, 2.75) is 12.8 Å². The molecule has 2 rings (SSSR count). The number of fused-ring (bicyclic) bond motifs is 1. The summed E-state index contributed by atoms with van der Waals surface area (Å²) in [6.07, 6.45) is 0.605. The standard InChI is InChI=1S/C11H11NO3S/c1-15-7-2-3-8-9(6-7)16-10(12-8)4-5-11(13)14/h2-3,6H,4-5H2,1H3,(H,13,14). The topological polar surface area (TPSA) is 59.4 Å². The first kappa shape index (κ1) is 10.9. The van der Waals surface area contributed by atoms with E-state index in [9.17, 15) is 4.79 Å². The van der Waals surface area contributed by atoms with Crippen LogP contribution < -0.4 is 4.74 Å². The highest BCUT2D eigenvalue weighted by Gasteiger charge is 2.06. The summed E-state index contributed by atoms with van der Waals surface area (Å²) < 4.78 is 6.14. The molecule has 1 heterocycles. The van der Waals surface area contributed by atoms with Crippen molar-refractivity contribution in [3.8, 4) is 5.75 Å². The molecule has 0 saturated heterocycles. The minimum Gasteiger partial charge on any atom is -0.497 e. The quantitative estimate of drug-likeness (QED) is 0.886. The molecule has 0 fully saturated rings. The SMILES string of the molecule is COc1ccc2nc(CCC(=O)O)sc2c1. The van der Waals surface area contributed by atoms with Crippen LogP contribution >= 0.6 is 11.3 Å². The molecule has 0 amide bonds. The van der Waals surface area contributed by atoms with Gasteiger partial charge in [0.05, 0.1) is 28.8 Å². The van der Waals surface area contributed by atoms with E-state index in [1.165, 1.54) is 11.3 Å². The van der Waals surface area contributed by atoms with Crippen LogP contribution in [0.15, 0.2) is 18.2 Å². The lowest BCUT2D eigenvalue weighted by Crippen LogP contribution is -1.96. The summed E-state index contributed by atoms with van der Waals surface area (Å²) >= 11 is 1.51. The minimum atomic E-state index is -0.795. The van der Waals surface area contributed by atoms with Crippen molar-refractivity contribution in [3.05, 3.63) is 23.2 Å². The van der Waals surface area contributed by atoms with Gasteiger partial charge in [-0.1, -0.05) is 0 Å². The molecule has 1 aromatic carbocycles. The van der Waals surface area contributed by atoms with Gasteiger partial charge in [0.2, 0.25) is 0 Å². The highest BCUT2D eigenvalue weighted by molar-refractivity contribution is 7.18. The second-order valence-electron chi connectivity index (χ2n) is 3.33. The summed E-state index contributed by atoms with van der Waals surface area (Å²) in [5.74, 6) is -0.00206. The van der Waals surface area contributed by atoms with E-state index in [1.54, 1.807) is 7.11 Å². The number of aromatic nitrogens is 1. The van der Waals surface area contributed by atoms with Gasteiger partial charge in [0.25, 0.3) is 0 Å². The predicted octanol–water partition coefficient (Wildman–Crippen LogP) is 2.32. The third-order valence-electron chi connectivity index (χ3n) is 2.19. The number of hydrogen-bond donors (Lipinski definition) is 1. The first-order chi connectivity index (χ1) is 7.69. The van der Waals surface area contributed by atoms with Gasteiger partial charge < -0.3 is 9.84 Å². The minimum absolute atomic E-state index is 0.122. The molecule has 1 aromatic heterocycles. The van der Waals surface area contributed by atoms with Crippen LogP contribution in [0.3, 0.4) is 0 Å². The maximum atomic E-state index is 10.4. The number of nitrogens with zero attached hydrogens (tertiary/aromatic N) is 1. The Hall–Kier alpha value is -1.62. The molecule has 0 spiro atoms. The van der Waals surface area contributed by atoms with Gasteiger partial charge in [0.15, 0.2) is 0 Å². The Morgan fingerprint density at radius 3 is 3.06 bits per heavy atom. The number of ether oxygens (including phenoxy) is 1. The fraction of sp³-hybridized carbons (Fsp3) is 0.273. The Kier molecular flexibility index (Phi) is 3.05. The van der Waals surface area contributed by atoms with Crippen LogP contribution in [0.2, 0.25) is 0 Å². The number of aryl methyl sites for hydroxylation is 1. The predicted molar refractivity (Wildman–Crippen MR) is 62.1 cm³/mol. The van der Waals surface area contributed by atoms with E-state index in [4.69, 9.17) is 9.84 Å². The zero-order valence-corrected chi connectivity index (χ0v) is 9.58. The van der Waals surface area contributed by atoms with Crippen molar-refractivity contribution < 1.29 is 14.6 Å². The van der Waals surface area contributed by atoms with Crippen LogP contribution in [0.4, 0.5) is 0 Å². The van der Waals surface area contributed by atoms with E-state index in [2.05, 4.69) is 4.98 Å². The van der Waals surface area contributed by atoms with Gasteiger partial charge in [-0.25, -0.2) is 4.98 Å². The first-order valence-corrected chi connectivity index (χ1v) is 5.66. The van der Waals surface area contributed by atoms with E-state index in [0.29, 0.717) is 6.42 Å². The van der Waals surface area contributed by atoms with Crippen LogP contribution in [0.5, 0.6) is 5.75 Å². The van der Waals surface area contributed by atoms with Crippen LogP contribution in [0.25, 0.3) is 10.2 Å². The molecule has 84 valence electrons. The van der Waals surface area contributed by atoms with Crippen LogP contribution in [-0.4, -0.2) is 23.2 Å². The monoisotopic (exact) mass is 237 g/mol. The van der Waals surface area contributed by atoms with E-state index >= 15 is 0 Å². The molecular weight excluding hydrogens is 226 g/mol. The van der Waals surface area contributed by atoms with Gasteiger partial charge >= 0.3 is 5.97 Å². The van der Waals surface area contributed by atoms with Crippen molar-refractivity contribution in [2.75, 3.05) is 7.11 Å². The highest BCUT2D eigenvalue weighted by atomic mass is 32.1. The van der Waals surface area contributed by atoms with Crippen LogP contribution in [0, 0.1) is 0 Å². The van der Waals surface area contributed by atoms with E-state index in [-0.39, 0.29) is 6.42 Å². The number of aliphatic carboxylic acids is 1. The molecule has 0 atom stereocenters. The largest absolute Gasteiger partial charge is 0.497 e. The second kappa shape index (κ2) is 4.49. The molecule has 0 aliphatic carbocycles. The smallest absolute Gasteiger partial charge is 0.303 e. The van der Waals surface area contributed by atoms with Crippen LogP contribution in [-0.2, 0) is 11.2 Å². The lowest BCUT2D eigenvalue weighted by molar-refractivity contribution is -0.136. The molecule has 0 bridgehead atoms. The Morgan fingerprint density at radius 1 is 1.56 bits per heavy atom. The molecule has 0 aliphatic heterocycles. The lowest BCUT2D eigenvalue weighted by Gasteiger charge is -1.96. The van der Waals surface area contributed by atoms with Crippen molar-refractivity contribution >= 4 is 27.5 Å². The number of carboxylic acids is 1. The number of rotatable bonds is 4. The van der Waals surface area contributed by atoms with Crippen molar-refractivity contribution in [1.29, 1.82) is 0 Å². The lowest BCUT2D eigenvalue weighted by atomic mass is 10.3. The Labute approximate surface area is 96.5 Å². The molecule has 0 aliphatic rings. The average molecular weight is 237 g/mol. The summed E-state index contributed by atoms with van der Waals surface area (Å²) in [7, 11) is 1.62. The third-order valence-corrected chi connectivity index (χ3v) is 3.27. The summed E-state index contributed by atoms with van der Waals surface area (Å²) in [6.45, 7) is 0. The van der Waals surface area contributed by atoms with Crippen LogP contribution in [0.1, 0.15) is 11.4 Å². The van der Waals surface area contributed by atoms with Gasteiger partial charge in [0, 0.05) is 6.42 Å². The molecule has 0 radical (unpaired) electrons. The van der Waals surface area contributed by atoms with Gasteiger partial charge in [-0.15, -0.1) is 11.3 Å². The Morgan fingerprint density at radius 2 is 2.38 bits per heavy atom. The number of methoxy groups -OCH3 is 1. The van der Waals surface area contributed by atoms with Gasteiger partial charge in [-0.3, -0.25) is 4.79 Å². The molecule has 5 heteroatoms. The number of hydrogen-bond acceptors (Lipinski definition) is 4. The zero-order chi connectivity index (χ0) is 11.5. The summed E-state index contributed by atoms with van der Waals surface area (Å²) in [6, 6.07) is 5.65. The third kappa shape index (κ3) is 2.30. The number of benzene rings is 1. The summed E-state index contributed by atoms with van der Waals surface area (Å²) in [4.78, 5) is 14.8. The zero-order valence-electron chi connectivity index (χ0n) is 8.77. The first-order valence-electron chi connectivity index (χ1n) is 4.84. The average Bonchev–Trinajstić information content (AvgIpc) is 2.67.